The van der Waals surface area contributed by atoms with Gasteiger partial charge in [-0.3, -0.25) is 4.79 Å². The lowest BCUT2D eigenvalue weighted by molar-refractivity contribution is 0.0746. The van der Waals surface area contributed by atoms with E-state index in [0.29, 0.717) is 43.2 Å². The third kappa shape index (κ3) is 3.98. The summed E-state index contributed by atoms with van der Waals surface area (Å²) in [5, 5.41) is 3.23. The molecule has 4 aromatic rings. The summed E-state index contributed by atoms with van der Waals surface area (Å²) < 4.78 is 10.6. The average molecular weight is 461 g/mol. The Hall–Kier alpha value is -3.65. The first-order valence-electron chi connectivity index (χ1n) is 10.7. The van der Waals surface area contributed by atoms with E-state index in [-0.39, 0.29) is 5.91 Å². The van der Waals surface area contributed by atoms with E-state index in [2.05, 4.69) is 32.4 Å². The van der Waals surface area contributed by atoms with Crippen molar-refractivity contribution in [3.8, 4) is 22.6 Å². The highest BCUT2D eigenvalue weighted by molar-refractivity contribution is 7.17. The van der Waals surface area contributed by atoms with Crippen LogP contribution < -0.4 is 14.4 Å². The Kier molecular flexibility index (Phi) is 5.83. The molecule has 0 saturated carbocycles. The number of nitrogens with zero attached hydrogens (tertiary/aromatic N) is 4. The summed E-state index contributed by atoms with van der Waals surface area (Å²) in [5.41, 5.74) is 2.90. The number of amides is 1. The Bertz CT molecular complexity index is 1280. The number of thiophene rings is 1. The van der Waals surface area contributed by atoms with Crippen LogP contribution in [0, 0.1) is 0 Å². The fourth-order valence-electron chi connectivity index (χ4n) is 4.20. The Morgan fingerprint density at radius 1 is 0.939 bits per heavy atom. The Balaban J connectivity index is 1.37. The smallest absolute Gasteiger partial charge is 0.254 e. The molecular weight excluding hydrogens is 436 g/mol. The Morgan fingerprint density at radius 3 is 2.42 bits per heavy atom. The van der Waals surface area contributed by atoms with E-state index < -0.39 is 0 Å². The largest absolute Gasteiger partial charge is 0.493 e. The lowest BCUT2D eigenvalue weighted by Gasteiger charge is -2.35. The van der Waals surface area contributed by atoms with Gasteiger partial charge in [0.25, 0.3) is 5.91 Å². The number of rotatable bonds is 5. The molecule has 1 aliphatic rings. The predicted octanol–water partition coefficient (Wildman–Crippen LogP) is 4.34. The summed E-state index contributed by atoms with van der Waals surface area (Å²) in [6.07, 6.45) is 1.63. The maximum Gasteiger partial charge on any atom is 0.254 e. The zero-order valence-electron chi connectivity index (χ0n) is 18.5. The number of hydrogen-bond donors (Lipinski definition) is 0. The van der Waals surface area contributed by atoms with Crippen molar-refractivity contribution in [2.75, 3.05) is 45.3 Å². The first-order valence-corrected chi connectivity index (χ1v) is 11.6. The van der Waals surface area contributed by atoms with Crippen LogP contribution >= 0.6 is 11.3 Å². The molecule has 3 heterocycles. The second-order valence-electron chi connectivity index (χ2n) is 7.74. The highest BCUT2D eigenvalue weighted by atomic mass is 32.1. The van der Waals surface area contributed by atoms with Gasteiger partial charge in [0.05, 0.1) is 19.6 Å². The van der Waals surface area contributed by atoms with Crippen LogP contribution in [0.4, 0.5) is 5.82 Å². The maximum atomic E-state index is 13.1. The molecule has 0 bridgehead atoms. The zero-order chi connectivity index (χ0) is 22.8. The van der Waals surface area contributed by atoms with Crippen molar-refractivity contribution in [1.29, 1.82) is 0 Å². The van der Waals surface area contributed by atoms with Crippen molar-refractivity contribution in [1.82, 2.24) is 14.9 Å². The van der Waals surface area contributed by atoms with Crippen LogP contribution in [0.2, 0.25) is 0 Å². The molecule has 5 rings (SSSR count). The minimum absolute atomic E-state index is 0.0102. The molecule has 0 unspecified atom stereocenters. The van der Waals surface area contributed by atoms with Gasteiger partial charge in [0.1, 0.15) is 17.0 Å². The number of carbonyl (C=O) groups is 1. The molecule has 0 spiro atoms. The lowest BCUT2D eigenvalue weighted by atomic mass is 10.1. The van der Waals surface area contributed by atoms with Crippen LogP contribution in [-0.2, 0) is 0 Å². The highest BCUT2D eigenvalue weighted by Crippen LogP contribution is 2.38. The molecule has 8 heteroatoms. The number of piperazine rings is 1. The van der Waals surface area contributed by atoms with Gasteiger partial charge >= 0.3 is 0 Å². The van der Waals surface area contributed by atoms with Crippen molar-refractivity contribution >= 4 is 33.3 Å². The van der Waals surface area contributed by atoms with Crippen molar-refractivity contribution in [3.63, 3.8) is 0 Å². The Morgan fingerprint density at radius 2 is 1.70 bits per heavy atom. The second kappa shape index (κ2) is 9.07. The normalized spacial score (nSPS) is 13.9. The molecule has 168 valence electrons. The molecule has 1 fully saturated rings. The van der Waals surface area contributed by atoms with Crippen LogP contribution in [0.25, 0.3) is 21.3 Å². The van der Waals surface area contributed by atoms with Crippen LogP contribution in [0.3, 0.4) is 0 Å². The first kappa shape index (κ1) is 21.2. The summed E-state index contributed by atoms with van der Waals surface area (Å²) in [5.74, 6) is 2.08. The minimum atomic E-state index is -0.0102. The molecule has 33 heavy (non-hydrogen) atoms. The molecule has 0 atom stereocenters. The summed E-state index contributed by atoms with van der Waals surface area (Å²) in [4.78, 5) is 27.3. The van der Waals surface area contributed by atoms with E-state index in [0.717, 1.165) is 27.2 Å². The van der Waals surface area contributed by atoms with E-state index in [4.69, 9.17) is 9.47 Å². The quantitative estimate of drug-likeness (QED) is 0.441. The summed E-state index contributed by atoms with van der Waals surface area (Å²) in [6, 6.07) is 15.6. The van der Waals surface area contributed by atoms with Gasteiger partial charge in [0, 0.05) is 42.7 Å². The van der Waals surface area contributed by atoms with E-state index in [1.165, 1.54) is 0 Å². The van der Waals surface area contributed by atoms with E-state index >= 15 is 0 Å². The number of hydrogen-bond acceptors (Lipinski definition) is 7. The Labute approximate surface area is 196 Å². The predicted molar refractivity (Wildman–Crippen MR) is 131 cm³/mol. The van der Waals surface area contributed by atoms with Crippen LogP contribution in [0.15, 0.2) is 60.2 Å². The lowest BCUT2D eigenvalue weighted by Crippen LogP contribution is -2.49. The third-order valence-corrected chi connectivity index (χ3v) is 6.82. The molecule has 0 N–H and O–H groups in total. The van der Waals surface area contributed by atoms with Crippen LogP contribution in [-0.4, -0.2) is 61.2 Å². The summed E-state index contributed by atoms with van der Waals surface area (Å²) >= 11 is 1.63. The van der Waals surface area contributed by atoms with Gasteiger partial charge in [-0.05, 0) is 23.8 Å². The van der Waals surface area contributed by atoms with Crippen LogP contribution in [0.5, 0.6) is 11.5 Å². The number of ether oxygens (including phenoxy) is 2. The van der Waals surface area contributed by atoms with Gasteiger partial charge in [-0.1, -0.05) is 30.3 Å². The van der Waals surface area contributed by atoms with Gasteiger partial charge in [-0.2, -0.15) is 0 Å². The number of carbonyl (C=O) groups excluding carboxylic acids is 1. The summed E-state index contributed by atoms with van der Waals surface area (Å²) in [6.45, 7) is 2.64. The van der Waals surface area contributed by atoms with Gasteiger partial charge < -0.3 is 19.3 Å². The molecule has 2 aromatic carbocycles. The number of anilines is 1. The van der Waals surface area contributed by atoms with E-state index in [1.54, 1.807) is 50.1 Å². The van der Waals surface area contributed by atoms with Crippen molar-refractivity contribution in [3.05, 3.63) is 65.8 Å². The molecule has 1 aliphatic heterocycles. The molecule has 1 saturated heterocycles. The standard InChI is InChI=1S/C25H24N4O3S/c1-31-20-9-8-18(14-21(20)32-2)25(30)29-12-10-28(11-13-29)23-22-19(17-6-4-3-5-7-17)15-33-24(22)27-16-26-23/h3-9,14-16H,10-13H2,1-2H3. The molecule has 1 amide bonds. The topological polar surface area (TPSA) is 67.8 Å². The zero-order valence-corrected chi connectivity index (χ0v) is 19.3. The second-order valence-corrected chi connectivity index (χ2v) is 8.60. The van der Waals surface area contributed by atoms with Gasteiger partial charge in [-0.15, -0.1) is 11.3 Å². The van der Waals surface area contributed by atoms with Gasteiger partial charge in [0.15, 0.2) is 11.5 Å². The fourth-order valence-corrected chi connectivity index (χ4v) is 5.11. The van der Waals surface area contributed by atoms with Crippen molar-refractivity contribution in [2.45, 2.75) is 0 Å². The van der Waals surface area contributed by atoms with E-state index in [9.17, 15) is 4.79 Å². The first-order chi connectivity index (χ1) is 16.2. The van der Waals surface area contributed by atoms with Gasteiger partial charge in [-0.25, -0.2) is 9.97 Å². The number of methoxy groups -OCH3 is 2. The fraction of sp³-hybridized carbons (Fsp3) is 0.240. The molecule has 0 aliphatic carbocycles. The number of aromatic nitrogens is 2. The summed E-state index contributed by atoms with van der Waals surface area (Å²) in [7, 11) is 3.15. The minimum Gasteiger partial charge on any atom is -0.493 e. The maximum absolute atomic E-state index is 13.1. The monoisotopic (exact) mass is 460 g/mol. The SMILES string of the molecule is COc1ccc(C(=O)N2CCN(c3ncnc4scc(-c5ccccc5)c34)CC2)cc1OC. The van der Waals surface area contributed by atoms with Crippen molar-refractivity contribution in [2.24, 2.45) is 0 Å². The highest BCUT2D eigenvalue weighted by Gasteiger charge is 2.26. The van der Waals surface area contributed by atoms with E-state index in [1.807, 2.05) is 23.1 Å². The van der Waals surface area contributed by atoms with Gasteiger partial charge in [0.2, 0.25) is 0 Å². The molecular formula is C25H24N4O3S. The molecule has 2 aromatic heterocycles. The average Bonchev–Trinajstić information content (AvgIpc) is 3.33. The molecule has 0 radical (unpaired) electrons. The number of fused-ring (bicyclic) bond motifs is 1. The van der Waals surface area contributed by atoms with Crippen molar-refractivity contribution < 1.29 is 14.3 Å². The van der Waals surface area contributed by atoms with Crippen LogP contribution in [0.1, 0.15) is 10.4 Å². The third-order valence-electron chi connectivity index (χ3n) is 5.93. The number of benzene rings is 2. The molecule has 7 nitrogen and oxygen atoms in total.